The van der Waals surface area contributed by atoms with Crippen LogP contribution in [0.4, 0.5) is 11.4 Å². The number of para-hydroxylation sites is 1. The second-order valence-corrected chi connectivity index (χ2v) is 7.34. The molecule has 0 bridgehead atoms. The predicted octanol–water partition coefficient (Wildman–Crippen LogP) is 1.95. The molecule has 0 spiro atoms. The summed E-state index contributed by atoms with van der Waals surface area (Å²) in [5, 5.41) is 13.5. The molecule has 0 aliphatic carbocycles. The number of rotatable bonds is 3. The summed E-state index contributed by atoms with van der Waals surface area (Å²) in [6, 6.07) is 11.5. The van der Waals surface area contributed by atoms with E-state index in [1.165, 1.54) is 24.3 Å². The fourth-order valence-corrected chi connectivity index (χ4v) is 4.67. The highest BCUT2D eigenvalue weighted by Crippen LogP contribution is 2.47. The molecule has 5 rings (SSSR count). The fraction of sp³-hybridized carbons (Fsp3) is 0.190. The summed E-state index contributed by atoms with van der Waals surface area (Å²) < 4.78 is 0. The lowest BCUT2D eigenvalue weighted by Crippen LogP contribution is -2.47. The van der Waals surface area contributed by atoms with Gasteiger partial charge in [-0.2, -0.15) is 0 Å². The van der Waals surface area contributed by atoms with Crippen molar-refractivity contribution in [1.29, 1.82) is 0 Å². The number of carbonyl (C=O) groups excluding carboxylic acids is 3. The third-order valence-corrected chi connectivity index (χ3v) is 5.87. The lowest BCUT2D eigenvalue weighted by atomic mass is 9.86. The van der Waals surface area contributed by atoms with Crippen LogP contribution in [0.1, 0.15) is 15.9 Å². The number of benzene rings is 2. The monoisotopic (exact) mass is 389 g/mol. The zero-order valence-corrected chi connectivity index (χ0v) is 15.0. The van der Waals surface area contributed by atoms with Crippen LogP contribution >= 0.6 is 0 Å². The van der Waals surface area contributed by atoms with Crippen LogP contribution in [0.25, 0.3) is 6.08 Å². The number of nitro groups is 1. The molecule has 3 heterocycles. The molecular weight excluding hydrogens is 374 g/mol. The number of hydrogen-bond acceptors (Lipinski definition) is 6. The Balaban J connectivity index is 1.65. The lowest BCUT2D eigenvalue weighted by Gasteiger charge is -2.35. The topological polar surface area (TPSA) is 110 Å². The van der Waals surface area contributed by atoms with Crippen molar-refractivity contribution in [3.8, 4) is 0 Å². The van der Waals surface area contributed by atoms with Gasteiger partial charge in [0.05, 0.1) is 22.8 Å². The van der Waals surface area contributed by atoms with Gasteiger partial charge in [-0.1, -0.05) is 42.5 Å². The molecule has 144 valence electrons. The molecule has 2 saturated heterocycles. The summed E-state index contributed by atoms with van der Waals surface area (Å²) in [6.07, 6.45) is 3.74. The first-order valence-corrected chi connectivity index (χ1v) is 9.16. The smallest absolute Gasteiger partial charge is 0.270 e. The average molecular weight is 389 g/mol. The molecule has 8 nitrogen and oxygen atoms in total. The molecule has 3 aliphatic rings. The Morgan fingerprint density at radius 3 is 2.59 bits per heavy atom. The summed E-state index contributed by atoms with van der Waals surface area (Å²) in [5.74, 6) is -2.83. The van der Waals surface area contributed by atoms with Crippen LogP contribution in [0, 0.1) is 22.0 Å². The van der Waals surface area contributed by atoms with E-state index in [2.05, 4.69) is 5.32 Å². The predicted molar refractivity (Wildman–Crippen MR) is 103 cm³/mol. The number of ketones is 1. The number of fused-ring (bicyclic) bond motifs is 5. The zero-order chi connectivity index (χ0) is 20.3. The van der Waals surface area contributed by atoms with E-state index >= 15 is 0 Å². The molecule has 0 aromatic heterocycles. The van der Waals surface area contributed by atoms with Gasteiger partial charge in [-0.15, -0.1) is 0 Å². The van der Waals surface area contributed by atoms with Gasteiger partial charge in [-0.25, -0.2) is 0 Å². The van der Waals surface area contributed by atoms with E-state index in [0.29, 0.717) is 0 Å². The van der Waals surface area contributed by atoms with Crippen LogP contribution in [-0.2, 0) is 9.59 Å². The van der Waals surface area contributed by atoms with Crippen molar-refractivity contribution in [3.63, 3.8) is 0 Å². The van der Waals surface area contributed by atoms with Crippen molar-refractivity contribution < 1.29 is 19.3 Å². The number of nitrogens with zero attached hydrogens (tertiary/aromatic N) is 2. The molecule has 2 aromatic rings. The Kier molecular flexibility index (Phi) is 3.64. The van der Waals surface area contributed by atoms with Crippen LogP contribution in [0.5, 0.6) is 0 Å². The number of nitro benzene ring substituents is 1. The van der Waals surface area contributed by atoms with Crippen LogP contribution in [0.15, 0.2) is 54.6 Å². The number of Topliss-reactive ketones (excluding diaryl/α,β-unsaturated/α-hetero) is 1. The van der Waals surface area contributed by atoms with E-state index < -0.39 is 46.4 Å². The van der Waals surface area contributed by atoms with Crippen molar-refractivity contribution >= 4 is 35.0 Å². The SMILES string of the molecule is O=C1NC(=O)[C@H]2[C@H]1[C@H]1C=Cc3ccccc3N1[C@@H]2C(=O)c1cccc([N+](=O)[O-])c1. The van der Waals surface area contributed by atoms with Gasteiger partial charge in [0, 0.05) is 23.4 Å². The number of nitrogens with one attached hydrogen (secondary N) is 1. The Labute approximate surface area is 165 Å². The summed E-state index contributed by atoms with van der Waals surface area (Å²) in [6.45, 7) is 0. The highest BCUT2D eigenvalue weighted by atomic mass is 16.6. The van der Waals surface area contributed by atoms with Gasteiger partial charge in [0.15, 0.2) is 5.78 Å². The van der Waals surface area contributed by atoms with E-state index in [1.54, 1.807) is 0 Å². The zero-order valence-electron chi connectivity index (χ0n) is 15.0. The maximum absolute atomic E-state index is 13.5. The number of carbonyl (C=O) groups is 3. The van der Waals surface area contributed by atoms with E-state index in [9.17, 15) is 24.5 Å². The highest BCUT2D eigenvalue weighted by Gasteiger charge is 2.61. The van der Waals surface area contributed by atoms with Gasteiger partial charge >= 0.3 is 0 Å². The third-order valence-electron chi connectivity index (χ3n) is 5.87. The molecule has 29 heavy (non-hydrogen) atoms. The highest BCUT2D eigenvalue weighted by molar-refractivity contribution is 6.14. The first-order valence-electron chi connectivity index (χ1n) is 9.16. The number of imide groups is 1. The van der Waals surface area contributed by atoms with E-state index in [-0.39, 0.29) is 11.3 Å². The second-order valence-electron chi connectivity index (χ2n) is 7.34. The lowest BCUT2D eigenvalue weighted by molar-refractivity contribution is -0.384. The Morgan fingerprint density at radius 2 is 1.79 bits per heavy atom. The minimum atomic E-state index is -0.926. The minimum Gasteiger partial charge on any atom is -0.352 e. The third kappa shape index (κ3) is 2.42. The van der Waals surface area contributed by atoms with Crippen molar-refractivity contribution in [1.82, 2.24) is 5.32 Å². The fourth-order valence-electron chi connectivity index (χ4n) is 4.67. The van der Waals surface area contributed by atoms with Gasteiger partial charge in [-0.3, -0.25) is 29.8 Å². The maximum atomic E-state index is 13.5. The van der Waals surface area contributed by atoms with Crippen molar-refractivity contribution in [2.75, 3.05) is 4.90 Å². The van der Waals surface area contributed by atoms with Crippen molar-refractivity contribution in [2.24, 2.45) is 11.8 Å². The molecule has 1 N–H and O–H groups in total. The normalized spacial score (nSPS) is 26.6. The van der Waals surface area contributed by atoms with Crippen molar-refractivity contribution in [3.05, 3.63) is 75.8 Å². The maximum Gasteiger partial charge on any atom is 0.270 e. The molecular formula is C21H15N3O5. The number of non-ortho nitro benzene ring substituents is 1. The van der Waals surface area contributed by atoms with Crippen LogP contribution in [0.3, 0.4) is 0 Å². The van der Waals surface area contributed by atoms with Gasteiger partial charge in [0.1, 0.15) is 6.04 Å². The van der Waals surface area contributed by atoms with Crippen LogP contribution in [0.2, 0.25) is 0 Å². The number of anilines is 1. The molecule has 0 unspecified atom stereocenters. The summed E-state index contributed by atoms with van der Waals surface area (Å²) in [7, 11) is 0. The van der Waals surface area contributed by atoms with E-state index in [0.717, 1.165) is 11.3 Å². The largest absolute Gasteiger partial charge is 0.352 e. The molecule has 2 amide bonds. The van der Waals surface area contributed by atoms with Gasteiger partial charge in [-0.05, 0) is 11.6 Å². The summed E-state index contributed by atoms with van der Waals surface area (Å²) >= 11 is 0. The molecule has 0 radical (unpaired) electrons. The molecule has 2 aromatic carbocycles. The first-order chi connectivity index (χ1) is 14.0. The average Bonchev–Trinajstić information content (AvgIpc) is 3.23. The first kappa shape index (κ1) is 17.3. The summed E-state index contributed by atoms with van der Waals surface area (Å²) in [4.78, 5) is 51.0. The van der Waals surface area contributed by atoms with Crippen LogP contribution < -0.4 is 10.2 Å². The Hall–Kier alpha value is -3.81. The Bertz CT molecular complexity index is 1120. The minimum absolute atomic E-state index is 0.141. The second kappa shape index (κ2) is 6.10. The van der Waals surface area contributed by atoms with E-state index in [4.69, 9.17) is 0 Å². The van der Waals surface area contributed by atoms with Crippen molar-refractivity contribution in [2.45, 2.75) is 12.1 Å². The van der Waals surface area contributed by atoms with Crippen LogP contribution in [-0.4, -0.2) is 34.6 Å². The molecule has 8 heteroatoms. The molecule has 0 saturated carbocycles. The van der Waals surface area contributed by atoms with Gasteiger partial charge in [0.2, 0.25) is 11.8 Å². The Morgan fingerprint density at radius 1 is 1.03 bits per heavy atom. The number of hydrogen-bond donors (Lipinski definition) is 1. The van der Waals surface area contributed by atoms with Gasteiger partial charge in [0.25, 0.3) is 5.69 Å². The molecule has 3 aliphatic heterocycles. The quantitative estimate of drug-likeness (QED) is 0.372. The summed E-state index contributed by atoms with van der Waals surface area (Å²) in [5.41, 5.74) is 1.59. The van der Waals surface area contributed by atoms with E-state index in [1.807, 2.05) is 41.3 Å². The van der Waals surface area contributed by atoms with Gasteiger partial charge < -0.3 is 4.90 Å². The standard InChI is InChI=1S/C21H15N3O5/c25-19(12-5-3-6-13(10-12)24(28)29)18-17-16(20(26)22-21(17)27)15-9-8-11-4-1-2-7-14(11)23(15)18/h1-10,15-18H,(H,22,26,27)/t15-,16-,17+,18+/m1/s1. The molecule has 4 atom stereocenters. The molecule has 2 fully saturated rings. The number of amides is 2.